The minimum Gasteiger partial charge on any atom is -0.323 e. The van der Waals surface area contributed by atoms with E-state index in [2.05, 4.69) is 10.3 Å². The highest BCUT2D eigenvalue weighted by Crippen LogP contribution is 2.24. The number of para-hydroxylation sites is 1. The molecule has 33 heavy (non-hydrogen) atoms. The Morgan fingerprint density at radius 1 is 0.939 bits per heavy atom. The van der Waals surface area contributed by atoms with Gasteiger partial charge in [-0.25, -0.2) is 26.9 Å². The standard InChI is InChI=1S/C22H12F5N3O2S/c23-11-5-8-17(14(25)9-11)30-21(32)12-3-1-2-4-15(12)29-22(30)33-10-18(31)28-16-7-6-13(24)19(26)20(16)27/h1-9H,10H2,(H,28,31). The van der Waals surface area contributed by atoms with Crippen molar-refractivity contribution in [1.82, 2.24) is 9.55 Å². The molecule has 1 amide bonds. The van der Waals surface area contributed by atoms with Gasteiger partial charge >= 0.3 is 0 Å². The summed E-state index contributed by atoms with van der Waals surface area (Å²) in [7, 11) is 0. The average Bonchev–Trinajstić information content (AvgIpc) is 2.79. The lowest BCUT2D eigenvalue weighted by molar-refractivity contribution is -0.113. The number of thioether (sulfide) groups is 1. The Hall–Kier alpha value is -3.73. The monoisotopic (exact) mass is 477 g/mol. The maximum atomic E-state index is 14.5. The van der Waals surface area contributed by atoms with Crippen LogP contribution in [-0.4, -0.2) is 21.2 Å². The number of carbonyl (C=O) groups is 1. The Kier molecular flexibility index (Phi) is 6.14. The fraction of sp³-hybridized carbons (Fsp3) is 0.0455. The highest BCUT2D eigenvalue weighted by molar-refractivity contribution is 7.99. The second-order valence-electron chi connectivity index (χ2n) is 6.71. The molecule has 0 unspecified atom stereocenters. The molecule has 168 valence electrons. The van der Waals surface area contributed by atoms with Gasteiger partial charge in [-0.1, -0.05) is 23.9 Å². The van der Waals surface area contributed by atoms with Gasteiger partial charge in [0.2, 0.25) is 5.91 Å². The normalized spacial score (nSPS) is 11.1. The number of nitrogens with zero attached hydrogens (tertiary/aromatic N) is 2. The van der Waals surface area contributed by atoms with Gasteiger partial charge < -0.3 is 5.32 Å². The molecule has 3 aromatic carbocycles. The summed E-state index contributed by atoms with van der Waals surface area (Å²) in [5.74, 6) is -7.85. The van der Waals surface area contributed by atoms with Crippen LogP contribution in [0, 0.1) is 29.1 Å². The maximum Gasteiger partial charge on any atom is 0.266 e. The molecule has 0 bridgehead atoms. The summed E-state index contributed by atoms with van der Waals surface area (Å²) in [6, 6.07) is 10.4. The molecule has 4 rings (SSSR count). The van der Waals surface area contributed by atoms with Crippen LogP contribution in [0.5, 0.6) is 0 Å². The van der Waals surface area contributed by atoms with E-state index in [4.69, 9.17) is 0 Å². The van der Waals surface area contributed by atoms with Crippen molar-refractivity contribution < 1.29 is 26.7 Å². The van der Waals surface area contributed by atoms with Crippen molar-refractivity contribution in [1.29, 1.82) is 0 Å². The van der Waals surface area contributed by atoms with Crippen LogP contribution in [0.25, 0.3) is 16.6 Å². The number of halogens is 5. The van der Waals surface area contributed by atoms with Crippen molar-refractivity contribution in [2.45, 2.75) is 5.16 Å². The van der Waals surface area contributed by atoms with E-state index in [1.165, 1.54) is 6.07 Å². The van der Waals surface area contributed by atoms with Crippen LogP contribution < -0.4 is 10.9 Å². The molecular formula is C22H12F5N3O2S. The second-order valence-corrected chi connectivity index (χ2v) is 7.65. The van der Waals surface area contributed by atoms with Crippen LogP contribution >= 0.6 is 11.8 Å². The van der Waals surface area contributed by atoms with Gasteiger partial charge in [0.25, 0.3) is 5.56 Å². The lowest BCUT2D eigenvalue weighted by atomic mass is 10.2. The first-order chi connectivity index (χ1) is 15.8. The molecule has 0 radical (unpaired) electrons. The van der Waals surface area contributed by atoms with Crippen molar-refractivity contribution >= 4 is 34.3 Å². The Labute approximate surface area is 186 Å². The number of anilines is 1. The lowest BCUT2D eigenvalue weighted by Gasteiger charge is -2.14. The Morgan fingerprint density at radius 3 is 2.45 bits per heavy atom. The highest BCUT2D eigenvalue weighted by atomic mass is 32.2. The number of aromatic nitrogens is 2. The van der Waals surface area contributed by atoms with Crippen molar-refractivity contribution in [2.24, 2.45) is 0 Å². The third-order valence-electron chi connectivity index (χ3n) is 4.54. The van der Waals surface area contributed by atoms with E-state index in [0.717, 1.165) is 22.8 Å². The Bertz CT molecular complexity index is 1460. The van der Waals surface area contributed by atoms with Gasteiger partial charge in [-0.15, -0.1) is 0 Å². The molecule has 0 aliphatic carbocycles. The fourth-order valence-electron chi connectivity index (χ4n) is 3.02. The van der Waals surface area contributed by atoms with Crippen LogP contribution in [-0.2, 0) is 4.79 Å². The molecular weight excluding hydrogens is 465 g/mol. The van der Waals surface area contributed by atoms with E-state index in [9.17, 15) is 31.5 Å². The molecule has 0 atom stereocenters. The molecule has 1 N–H and O–H groups in total. The van der Waals surface area contributed by atoms with E-state index < -0.39 is 52.0 Å². The topological polar surface area (TPSA) is 64.0 Å². The first kappa shape index (κ1) is 22.5. The molecule has 0 saturated carbocycles. The highest BCUT2D eigenvalue weighted by Gasteiger charge is 2.19. The Balaban J connectivity index is 1.69. The molecule has 4 aromatic rings. The average molecular weight is 477 g/mol. The molecule has 0 fully saturated rings. The first-order valence-electron chi connectivity index (χ1n) is 9.29. The lowest BCUT2D eigenvalue weighted by Crippen LogP contribution is -2.24. The van der Waals surface area contributed by atoms with Crippen molar-refractivity contribution in [2.75, 3.05) is 11.1 Å². The second kappa shape index (κ2) is 9.02. The van der Waals surface area contributed by atoms with Crippen LogP contribution in [0.15, 0.2) is 64.5 Å². The molecule has 11 heteroatoms. The van der Waals surface area contributed by atoms with E-state index in [0.29, 0.717) is 23.9 Å². The number of carbonyl (C=O) groups excluding carboxylic acids is 1. The molecule has 0 saturated heterocycles. The predicted octanol–water partition coefficient (Wildman–Crippen LogP) is 4.81. The first-order valence-corrected chi connectivity index (χ1v) is 10.3. The van der Waals surface area contributed by atoms with Crippen molar-refractivity contribution in [3.8, 4) is 5.69 Å². The number of amides is 1. The fourth-order valence-corrected chi connectivity index (χ4v) is 3.83. The molecule has 0 aliphatic rings. The quantitative estimate of drug-likeness (QED) is 0.194. The van der Waals surface area contributed by atoms with Crippen LogP contribution in [0.3, 0.4) is 0 Å². The summed E-state index contributed by atoms with van der Waals surface area (Å²) in [6.45, 7) is 0. The minimum atomic E-state index is -1.74. The van der Waals surface area contributed by atoms with Crippen molar-refractivity contribution in [3.05, 3.63) is 94.0 Å². The summed E-state index contributed by atoms with van der Waals surface area (Å²) < 4.78 is 69.0. The third kappa shape index (κ3) is 4.44. The van der Waals surface area contributed by atoms with E-state index >= 15 is 0 Å². The minimum absolute atomic E-state index is 0.0925. The maximum absolute atomic E-state index is 14.5. The van der Waals surface area contributed by atoms with Crippen LogP contribution in [0.2, 0.25) is 0 Å². The number of fused-ring (bicyclic) bond motifs is 1. The predicted molar refractivity (Wildman–Crippen MR) is 113 cm³/mol. The van der Waals surface area contributed by atoms with Crippen molar-refractivity contribution in [3.63, 3.8) is 0 Å². The van der Waals surface area contributed by atoms with E-state index in [1.807, 2.05) is 0 Å². The largest absolute Gasteiger partial charge is 0.323 e. The molecule has 0 aliphatic heterocycles. The smallest absolute Gasteiger partial charge is 0.266 e. The summed E-state index contributed by atoms with van der Waals surface area (Å²) in [4.78, 5) is 29.6. The van der Waals surface area contributed by atoms with Gasteiger partial charge in [-0.3, -0.25) is 14.2 Å². The van der Waals surface area contributed by atoms with Crippen LogP contribution in [0.1, 0.15) is 0 Å². The van der Waals surface area contributed by atoms with E-state index in [-0.39, 0.29) is 21.7 Å². The Morgan fingerprint density at radius 2 is 1.70 bits per heavy atom. The van der Waals surface area contributed by atoms with Gasteiger partial charge in [0.05, 0.1) is 28.0 Å². The summed E-state index contributed by atoms with van der Waals surface area (Å²) in [5, 5.41) is 2.17. The number of rotatable bonds is 5. The molecule has 1 aromatic heterocycles. The van der Waals surface area contributed by atoms with E-state index in [1.54, 1.807) is 18.2 Å². The van der Waals surface area contributed by atoms with Crippen LogP contribution in [0.4, 0.5) is 27.6 Å². The van der Waals surface area contributed by atoms with Gasteiger partial charge in [0.15, 0.2) is 22.6 Å². The zero-order chi connectivity index (χ0) is 23.7. The number of nitrogens with one attached hydrogen (secondary N) is 1. The number of benzene rings is 3. The summed E-state index contributed by atoms with van der Waals surface area (Å²) in [5.41, 5.74) is -1.24. The molecule has 0 spiro atoms. The third-order valence-corrected chi connectivity index (χ3v) is 5.48. The van der Waals surface area contributed by atoms with Gasteiger partial charge in [0.1, 0.15) is 11.6 Å². The summed E-state index contributed by atoms with van der Waals surface area (Å²) in [6.07, 6.45) is 0. The van der Waals surface area contributed by atoms with Gasteiger partial charge in [0, 0.05) is 6.07 Å². The van der Waals surface area contributed by atoms with Gasteiger partial charge in [-0.05, 0) is 36.4 Å². The zero-order valence-corrected chi connectivity index (χ0v) is 17.2. The molecule has 1 heterocycles. The number of hydrogen-bond donors (Lipinski definition) is 1. The zero-order valence-electron chi connectivity index (χ0n) is 16.4. The molecule has 5 nitrogen and oxygen atoms in total. The summed E-state index contributed by atoms with van der Waals surface area (Å²) >= 11 is 0.713. The SMILES string of the molecule is O=C(CSc1nc2ccccc2c(=O)n1-c1ccc(F)cc1F)Nc1ccc(F)c(F)c1F. The number of hydrogen-bond acceptors (Lipinski definition) is 4. The van der Waals surface area contributed by atoms with Gasteiger partial charge in [-0.2, -0.15) is 0 Å².